The number of aliphatic hydroxyl groups is 1. The van der Waals surface area contributed by atoms with Crippen molar-refractivity contribution in [3.05, 3.63) is 59.2 Å². The Morgan fingerprint density at radius 3 is 2.45 bits per heavy atom. The van der Waals surface area contributed by atoms with E-state index < -0.39 is 34.6 Å². The van der Waals surface area contributed by atoms with Crippen molar-refractivity contribution in [3.63, 3.8) is 0 Å². The fourth-order valence-corrected chi connectivity index (χ4v) is 4.44. The number of hydrogen-bond donors (Lipinski definition) is 2. The van der Waals surface area contributed by atoms with Crippen molar-refractivity contribution in [3.8, 4) is 11.5 Å². The number of ether oxygens (including phenoxy) is 1. The van der Waals surface area contributed by atoms with Crippen LogP contribution in [0.1, 0.15) is 18.4 Å². The van der Waals surface area contributed by atoms with Crippen molar-refractivity contribution < 1.29 is 32.5 Å². The minimum Gasteiger partial charge on any atom is -0.503 e. The first kappa shape index (κ1) is 20.0. The minimum atomic E-state index is -0.995. The third kappa shape index (κ3) is 4.04. The van der Waals surface area contributed by atoms with E-state index in [2.05, 4.69) is 0 Å². The summed E-state index contributed by atoms with van der Waals surface area (Å²) in [6, 6.07) is 5.33. The highest BCUT2D eigenvalue weighted by atomic mass is 19.1. The lowest BCUT2D eigenvalue weighted by molar-refractivity contribution is 0.0218. The van der Waals surface area contributed by atoms with E-state index in [4.69, 9.17) is 9.84 Å². The summed E-state index contributed by atoms with van der Waals surface area (Å²) in [7, 11) is 0. The molecule has 0 unspecified atom stereocenters. The highest BCUT2D eigenvalue weighted by Gasteiger charge is 2.52. The molecule has 0 aromatic heterocycles. The normalized spacial score (nSPS) is 26.7. The molecule has 0 bridgehead atoms. The van der Waals surface area contributed by atoms with Gasteiger partial charge in [-0.1, -0.05) is 0 Å². The van der Waals surface area contributed by atoms with Gasteiger partial charge in [0.2, 0.25) is 0 Å². The van der Waals surface area contributed by atoms with E-state index in [9.17, 15) is 22.7 Å². The Hall–Kier alpha value is -2.32. The van der Waals surface area contributed by atoms with Gasteiger partial charge >= 0.3 is 0 Å². The van der Waals surface area contributed by atoms with Gasteiger partial charge in [0, 0.05) is 38.0 Å². The van der Waals surface area contributed by atoms with Crippen molar-refractivity contribution in [2.45, 2.75) is 31.0 Å². The van der Waals surface area contributed by atoms with Crippen LogP contribution in [0.5, 0.6) is 11.5 Å². The summed E-state index contributed by atoms with van der Waals surface area (Å²) in [4.78, 5) is 2.02. The maximum Gasteiger partial charge on any atom is 0.187 e. The fourth-order valence-electron chi connectivity index (χ4n) is 4.44. The first-order valence-electron chi connectivity index (χ1n) is 9.47. The van der Waals surface area contributed by atoms with Gasteiger partial charge in [-0.05, 0) is 42.7 Å². The van der Waals surface area contributed by atoms with Crippen LogP contribution < -0.4 is 4.74 Å². The first-order valence-corrected chi connectivity index (χ1v) is 9.47. The van der Waals surface area contributed by atoms with E-state index in [1.54, 1.807) is 0 Å². The van der Waals surface area contributed by atoms with Crippen LogP contribution in [0.3, 0.4) is 0 Å². The number of phenols is 1. The van der Waals surface area contributed by atoms with Gasteiger partial charge in [-0.2, -0.15) is 0 Å². The Kier molecular flexibility index (Phi) is 5.16. The molecule has 1 heterocycles. The summed E-state index contributed by atoms with van der Waals surface area (Å²) >= 11 is 0. The minimum absolute atomic E-state index is 0.0341. The second-order valence-electron chi connectivity index (χ2n) is 7.95. The van der Waals surface area contributed by atoms with Crippen molar-refractivity contribution in [1.82, 2.24) is 4.90 Å². The standard InChI is InChI=1S/C21H21F4NO3/c22-14-1-2-19(16(23)8-14)29-15-7-13-10-26(11-21(13,28)9-15)4-3-12-5-17(24)20(27)18(25)6-12/h1-2,5-6,8,13,15,27-28H,3-4,7,9-11H2/t13-,15+,21-/m0/s1. The molecule has 2 aromatic carbocycles. The van der Waals surface area contributed by atoms with Crippen LogP contribution in [0.25, 0.3) is 0 Å². The number of fused-ring (bicyclic) bond motifs is 1. The van der Waals surface area contributed by atoms with Crippen molar-refractivity contribution >= 4 is 0 Å². The van der Waals surface area contributed by atoms with Gasteiger partial charge in [0.15, 0.2) is 29.0 Å². The average molecular weight is 411 g/mol. The second kappa shape index (κ2) is 7.50. The first-order chi connectivity index (χ1) is 13.7. The van der Waals surface area contributed by atoms with Crippen LogP contribution in [-0.2, 0) is 6.42 Å². The lowest BCUT2D eigenvalue weighted by atomic mass is 9.95. The topological polar surface area (TPSA) is 52.9 Å². The number of aromatic hydroxyl groups is 1. The van der Waals surface area contributed by atoms with Crippen LogP contribution in [0.4, 0.5) is 17.6 Å². The zero-order valence-electron chi connectivity index (χ0n) is 15.5. The largest absolute Gasteiger partial charge is 0.503 e. The molecule has 1 saturated carbocycles. The van der Waals surface area contributed by atoms with Gasteiger partial charge < -0.3 is 14.9 Å². The van der Waals surface area contributed by atoms with E-state index in [0.29, 0.717) is 44.5 Å². The molecule has 1 aliphatic heterocycles. The summed E-state index contributed by atoms with van der Waals surface area (Å²) < 4.78 is 59.4. The molecule has 2 aliphatic rings. The third-order valence-electron chi connectivity index (χ3n) is 5.85. The number of phenolic OH excluding ortho intramolecular Hbond substituents is 1. The molecule has 29 heavy (non-hydrogen) atoms. The molecule has 3 atom stereocenters. The van der Waals surface area contributed by atoms with Crippen LogP contribution in [0.15, 0.2) is 30.3 Å². The molecule has 2 N–H and O–H groups in total. The fraction of sp³-hybridized carbons (Fsp3) is 0.429. The summed E-state index contributed by atoms with van der Waals surface area (Å²) in [5, 5.41) is 20.1. The van der Waals surface area contributed by atoms with Gasteiger partial charge in [0.25, 0.3) is 0 Å². The van der Waals surface area contributed by atoms with Gasteiger partial charge in [0.05, 0.1) is 5.60 Å². The van der Waals surface area contributed by atoms with E-state index in [-0.39, 0.29) is 17.8 Å². The molecule has 4 nitrogen and oxygen atoms in total. The third-order valence-corrected chi connectivity index (χ3v) is 5.85. The molecular formula is C21H21F4NO3. The van der Waals surface area contributed by atoms with E-state index in [1.807, 2.05) is 4.90 Å². The molecule has 0 spiro atoms. The predicted octanol–water partition coefficient (Wildman–Crippen LogP) is 3.40. The van der Waals surface area contributed by atoms with E-state index in [0.717, 1.165) is 24.3 Å². The second-order valence-corrected chi connectivity index (χ2v) is 7.95. The summed E-state index contributed by atoms with van der Waals surface area (Å²) in [6.07, 6.45) is 0.865. The number of β-amino-alcohol motifs (C(OH)–C–C–N with tert-alkyl or cyclic N) is 1. The maximum atomic E-state index is 13.8. The number of nitrogens with zero attached hydrogens (tertiary/aromatic N) is 1. The zero-order chi connectivity index (χ0) is 20.8. The van der Waals surface area contributed by atoms with Crippen LogP contribution >= 0.6 is 0 Å². The van der Waals surface area contributed by atoms with Gasteiger partial charge in [0.1, 0.15) is 11.9 Å². The average Bonchev–Trinajstić information content (AvgIpc) is 3.10. The highest BCUT2D eigenvalue weighted by molar-refractivity contribution is 5.30. The molecule has 4 rings (SSSR count). The number of halogens is 4. The van der Waals surface area contributed by atoms with Gasteiger partial charge in [-0.25, -0.2) is 17.6 Å². The number of benzene rings is 2. The van der Waals surface area contributed by atoms with Gasteiger partial charge in [-0.3, -0.25) is 4.90 Å². The lowest BCUT2D eigenvalue weighted by Crippen LogP contribution is -2.36. The quantitative estimate of drug-likeness (QED) is 0.741. The smallest absolute Gasteiger partial charge is 0.187 e. The SMILES string of the molecule is Oc1c(F)cc(CCN2C[C@@H]3C[C@@H](Oc4ccc(F)cc4F)C[C@]3(O)C2)cc1F. The number of hydrogen-bond acceptors (Lipinski definition) is 4. The predicted molar refractivity (Wildman–Crippen MR) is 96.6 cm³/mol. The summed E-state index contributed by atoms with van der Waals surface area (Å²) in [5.41, 5.74) is -0.554. The summed E-state index contributed by atoms with van der Waals surface area (Å²) in [5.74, 6) is -4.53. The molecule has 2 aromatic rings. The van der Waals surface area contributed by atoms with Crippen molar-refractivity contribution in [2.75, 3.05) is 19.6 Å². The monoisotopic (exact) mass is 411 g/mol. The number of rotatable bonds is 5. The Labute approximate surface area is 165 Å². The van der Waals surface area contributed by atoms with E-state index in [1.165, 1.54) is 6.07 Å². The number of likely N-dealkylation sites (tertiary alicyclic amines) is 1. The van der Waals surface area contributed by atoms with Crippen LogP contribution in [0, 0.1) is 29.2 Å². The molecule has 0 amide bonds. The molecule has 2 fully saturated rings. The van der Waals surface area contributed by atoms with E-state index >= 15 is 0 Å². The van der Waals surface area contributed by atoms with Gasteiger partial charge in [-0.15, -0.1) is 0 Å². The Balaban J connectivity index is 1.33. The Morgan fingerprint density at radius 1 is 1.07 bits per heavy atom. The van der Waals surface area contributed by atoms with Crippen LogP contribution in [-0.4, -0.2) is 46.5 Å². The molecule has 156 valence electrons. The molecule has 8 heteroatoms. The molecule has 0 radical (unpaired) electrons. The molecule has 1 saturated heterocycles. The molecular weight excluding hydrogens is 390 g/mol. The zero-order valence-corrected chi connectivity index (χ0v) is 15.5. The summed E-state index contributed by atoms with van der Waals surface area (Å²) in [6.45, 7) is 1.47. The maximum absolute atomic E-state index is 13.8. The Morgan fingerprint density at radius 2 is 1.79 bits per heavy atom. The highest BCUT2D eigenvalue weighted by Crippen LogP contribution is 2.43. The lowest BCUT2D eigenvalue weighted by Gasteiger charge is -2.23. The van der Waals surface area contributed by atoms with Crippen molar-refractivity contribution in [1.29, 1.82) is 0 Å². The van der Waals surface area contributed by atoms with Crippen LogP contribution in [0.2, 0.25) is 0 Å². The van der Waals surface area contributed by atoms with Crippen molar-refractivity contribution in [2.24, 2.45) is 5.92 Å². The molecule has 1 aliphatic carbocycles. The Bertz CT molecular complexity index is 902.